The van der Waals surface area contributed by atoms with E-state index in [1.165, 1.54) is 6.20 Å². The number of nitrogens with two attached hydrogens (primary N) is 1. The number of thioether (sulfide) groups is 1. The number of oxime groups is 1. The fraction of sp³-hybridized carbons (Fsp3) is 0.444. The minimum atomic E-state index is -0.0132. The van der Waals surface area contributed by atoms with E-state index in [1.807, 2.05) is 11.8 Å². The predicted molar refractivity (Wildman–Crippen MR) is 64.1 cm³/mol. The second-order valence-electron chi connectivity index (χ2n) is 3.35. The van der Waals surface area contributed by atoms with Gasteiger partial charge in [-0.3, -0.25) is 4.98 Å². The Labute approximate surface area is 97.6 Å². The minimum absolute atomic E-state index is 0.0132. The average molecular weight is 239 g/mol. The summed E-state index contributed by atoms with van der Waals surface area (Å²) in [6.07, 6.45) is 3.18. The van der Waals surface area contributed by atoms with Crippen molar-refractivity contribution in [3.05, 3.63) is 18.1 Å². The largest absolute Gasteiger partial charge is 0.409 e. The molecular formula is C9H13N5OS. The van der Waals surface area contributed by atoms with E-state index in [4.69, 9.17) is 10.9 Å². The topological polar surface area (TPSA) is 87.6 Å². The molecule has 1 saturated heterocycles. The predicted octanol–water partition coefficient (Wildman–Crippen LogP) is 0.124. The second-order valence-corrected chi connectivity index (χ2v) is 4.57. The summed E-state index contributed by atoms with van der Waals surface area (Å²) in [4.78, 5) is 10.5. The maximum Gasteiger partial charge on any atom is 0.190 e. The van der Waals surface area contributed by atoms with Crippen LogP contribution in [0.4, 0.5) is 5.82 Å². The van der Waals surface area contributed by atoms with E-state index in [1.54, 1.807) is 6.20 Å². The van der Waals surface area contributed by atoms with Crippen LogP contribution < -0.4 is 10.6 Å². The van der Waals surface area contributed by atoms with Crippen LogP contribution in [-0.4, -0.2) is 45.6 Å². The van der Waals surface area contributed by atoms with Gasteiger partial charge in [-0.25, -0.2) is 4.98 Å². The SMILES string of the molecule is N/C(=N\O)c1cncc(N2CCSCC2)n1. The molecule has 0 aromatic carbocycles. The number of nitrogens with zero attached hydrogens (tertiary/aromatic N) is 4. The molecule has 2 heterocycles. The van der Waals surface area contributed by atoms with Crippen molar-refractivity contribution in [2.24, 2.45) is 10.9 Å². The van der Waals surface area contributed by atoms with Crippen molar-refractivity contribution in [2.45, 2.75) is 0 Å². The maximum atomic E-state index is 8.57. The summed E-state index contributed by atoms with van der Waals surface area (Å²) >= 11 is 1.93. The monoisotopic (exact) mass is 239 g/mol. The van der Waals surface area contributed by atoms with Gasteiger partial charge in [0.05, 0.1) is 12.4 Å². The number of hydrogen-bond donors (Lipinski definition) is 2. The molecule has 0 amide bonds. The van der Waals surface area contributed by atoms with Crippen LogP contribution in [0.2, 0.25) is 0 Å². The zero-order chi connectivity index (χ0) is 11.4. The summed E-state index contributed by atoms with van der Waals surface area (Å²) in [6, 6.07) is 0. The molecule has 0 atom stereocenters. The molecule has 16 heavy (non-hydrogen) atoms. The highest BCUT2D eigenvalue weighted by atomic mass is 32.2. The van der Waals surface area contributed by atoms with E-state index in [2.05, 4.69) is 20.0 Å². The van der Waals surface area contributed by atoms with Gasteiger partial charge in [0, 0.05) is 24.6 Å². The molecule has 0 saturated carbocycles. The third-order valence-corrected chi connectivity index (χ3v) is 3.27. The highest BCUT2D eigenvalue weighted by Crippen LogP contribution is 2.16. The lowest BCUT2D eigenvalue weighted by molar-refractivity contribution is 0.318. The molecule has 1 fully saturated rings. The van der Waals surface area contributed by atoms with E-state index in [0.29, 0.717) is 5.69 Å². The Balaban J connectivity index is 2.21. The summed E-state index contributed by atoms with van der Waals surface area (Å²) < 4.78 is 0. The van der Waals surface area contributed by atoms with Crippen LogP contribution in [0.3, 0.4) is 0 Å². The number of anilines is 1. The summed E-state index contributed by atoms with van der Waals surface area (Å²) in [5.41, 5.74) is 5.87. The molecule has 86 valence electrons. The van der Waals surface area contributed by atoms with Gasteiger partial charge >= 0.3 is 0 Å². The van der Waals surface area contributed by atoms with Crippen LogP contribution in [0, 0.1) is 0 Å². The van der Waals surface area contributed by atoms with E-state index >= 15 is 0 Å². The summed E-state index contributed by atoms with van der Waals surface area (Å²) in [7, 11) is 0. The first-order chi connectivity index (χ1) is 7.81. The molecule has 3 N–H and O–H groups in total. The first-order valence-corrected chi connectivity index (χ1v) is 6.09. The number of rotatable bonds is 2. The third-order valence-electron chi connectivity index (χ3n) is 2.33. The molecule has 2 rings (SSSR count). The number of aromatic nitrogens is 2. The van der Waals surface area contributed by atoms with Crippen LogP contribution in [-0.2, 0) is 0 Å². The van der Waals surface area contributed by atoms with E-state index in [9.17, 15) is 0 Å². The van der Waals surface area contributed by atoms with Crippen molar-refractivity contribution in [1.82, 2.24) is 9.97 Å². The van der Waals surface area contributed by atoms with Gasteiger partial charge in [0.1, 0.15) is 11.5 Å². The lowest BCUT2D eigenvalue weighted by Gasteiger charge is -2.27. The van der Waals surface area contributed by atoms with Crippen molar-refractivity contribution >= 4 is 23.4 Å². The van der Waals surface area contributed by atoms with Crippen molar-refractivity contribution in [3.8, 4) is 0 Å². The Hall–Kier alpha value is -1.50. The molecule has 7 heteroatoms. The van der Waals surface area contributed by atoms with Gasteiger partial charge in [-0.1, -0.05) is 5.16 Å². The smallest absolute Gasteiger partial charge is 0.190 e. The van der Waals surface area contributed by atoms with E-state index in [0.717, 1.165) is 30.4 Å². The lowest BCUT2D eigenvalue weighted by atomic mass is 10.4. The normalized spacial score (nSPS) is 17.5. The molecule has 0 bridgehead atoms. The van der Waals surface area contributed by atoms with Crippen LogP contribution in [0.5, 0.6) is 0 Å². The van der Waals surface area contributed by atoms with Gasteiger partial charge in [0.15, 0.2) is 5.84 Å². The van der Waals surface area contributed by atoms with Crippen LogP contribution >= 0.6 is 11.8 Å². The molecule has 1 aromatic heterocycles. The Bertz CT molecular complexity index is 391. The lowest BCUT2D eigenvalue weighted by Crippen LogP contribution is -2.33. The highest BCUT2D eigenvalue weighted by Gasteiger charge is 2.13. The Kier molecular flexibility index (Phi) is 3.45. The average Bonchev–Trinajstić information content (AvgIpc) is 2.39. The Morgan fingerprint density at radius 3 is 2.88 bits per heavy atom. The molecule has 1 aliphatic rings. The molecule has 0 radical (unpaired) electrons. The summed E-state index contributed by atoms with van der Waals surface area (Å²) in [5, 5.41) is 11.5. The zero-order valence-corrected chi connectivity index (χ0v) is 9.52. The Morgan fingerprint density at radius 1 is 1.44 bits per heavy atom. The van der Waals surface area contributed by atoms with Gasteiger partial charge in [-0.2, -0.15) is 11.8 Å². The van der Waals surface area contributed by atoms with Crippen LogP contribution in [0.1, 0.15) is 5.69 Å². The molecule has 6 nitrogen and oxygen atoms in total. The fourth-order valence-electron chi connectivity index (χ4n) is 1.48. The van der Waals surface area contributed by atoms with Gasteiger partial charge in [-0.05, 0) is 0 Å². The molecule has 1 aromatic rings. The van der Waals surface area contributed by atoms with E-state index < -0.39 is 0 Å². The van der Waals surface area contributed by atoms with Crippen LogP contribution in [0.25, 0.3) is 0 Å². The number of hydrogen-bond acceptors (Lipinski definition) is 6. The molecule has 0 aliphatic carbocycles. The van der Waals surface area contributed by atoms with Gasteiger partial charge in [0.25, 0.3) is 0 Å². The fourth-order valence-corrected chi connectivity index (χ4v) is 2.38. The van der Waals surface area contributed by atoms with Crippen molar-refractivity contribution in [3.63, 3.8) is 0 Å². The first kappa shape index (κ1) is 11.0. The van der Waals surface area contributed by atoms with Gasteiger partial charge < -0.3 is 15.8 Å². The van der Waals surface area contributed by atoms with Crippen molar-refractivity contribution in [1.29, 1.82) is 0 Å². The second kappa shape index (κ2) is 5.02. The van der Waals surface area contributed by atoms with Crippen molar-refractivity contribution in [2.75, 3.05) is 29.5 Å². The molecular weight excluding hydrogens is 226 g/mol. The van der Waals surface area contributed by atoms with Gasteiger partial charge in [0.2, 0.25) is 0 Å². The van der Waals surface area contributed by atoms with Crippen LogP contribution in [0.15, 0.2) is 17.5 Å². The van der Waals surface area contributed by atoms with Gasteiger partial charge in [-0.15, -0.1) is 0 Å². The summed E-state index contributed by atoms with van der Waals surface area (Å²) in [5.74, 6) is 2.95. The molecule has 1 aliphatic heterocycles. The molecule has 0 spiro atoms. The minimum Gasteiger partial charge on any atom is -0.409 e. The highest BCUT2D eigenvalue weighted by molar-refractivity contribution is 7.99. The Morgan fingerprint density at radius 2 is 2.19 bits per heavy atom. The van der Waals surface area contributed by atoms with E-state index in [-0.39, 0.29) is 5.84 Å². The maximum absolute atomic E-state index is 8.57. The quantitative estimate of drug-likeness (QED) is 0.330. The zero-order valence-electron chi connectivity index (χ0n) is 8.70. The summed E-state index contributed by atoms with van der Waals surface area (Å²) in [6.45, 7) is 1.91. The number of amidine groups is 1. The third kappa shape index (κ3) is 2.35. The standard InChI is InChI=1S/C9H13N5OS/c10-9(13-15)7-5-11-6-8(12-7)14-1-3-16-4-2-14/h5-6,15H,1-4H2,(H2,10,13). The van der Waals surface area contributed by atoms with Crippen molar-refractivity contribution < 1.29 is 5.21 Å². The first-order valence-electron chi connectivity index (χ1n) is 4.94. The molecule has 0 unspecified atom stereocenters.